The van der Waals surface area contributed by atoms with Crippen LogP contribution in [0.1, 0.15) is 52.5 Å². The van der Waals surface area contributed by atoms with E-state index in [1.54, 1.807) is 0 Å². The molecule has 0 radical (unpaired) electrons. The van der Waals surface area contributed by atoms with Crippen LogP contribution in [-0.4, -0.2) is 31.3 Å². The van der Waals surface area contributed by atoms with Crippen LogP contribution in [0.5, 0.6) is 5.75 Å². The molecule has 5 heteroatoms. The lowest BCUT2D eigenvalue weighted by molar-refractivity contribution is -0.159. The largest absolute Gasteiger partial charge is 0.494 e. The minimum Gasteiger partial charge on any atom is -0.494 e. The van der Waals surface area contributed by atoms with Crippen LogP contribution in [0, 0.1) is 5.92 Å². The molecule has 0 heterocycles. The molecule has 138 valence electrons. The van der Waals surface area contributed by atoms with Crippen LogP contribution in [-0.2, 0) is 24.5 Å². The van der Waals surface area contributed by atoms with Gasteiger partial charge in [0.2, 0.25) is 0 Å². The maximum absolute atomic E-state index is 12.5. The Morgan fingerprint density at radius 3 is 2.60 bits per heavy atom. The molecule has 2 atom stereocenters. The minimum atomic E-state index is -0.971. The number of benzene rings is 1. The van der Waals surface area contributed by atoms with Crippen molar-refractivity contribution in [2.24, 2.45) is 5.92 Å². The molecule has 0 amide bonds. The molecule has 0 N–H and O–H groups in total. The molecule has 25 heavy (non-hydrogen) atoms. The molecule has 0 aromatic heterocycles. The van der Waals surface area contributed by atoms with Crippen LogP contribution in [0.4, 0.5) is 0 Å². The molecule has 1 fully saturated rings. The fourth-order valence-electron chi connectivity index (χ4n) is 2.96. The summed E-state index contributed by atoms with van der Waals surface area (Å²) in [6.07, 6.45) is 2.41. The first-order chi connectivity index (χ1) is 11.7. The second kappa shape index (κ2) is 7.46. The smallest absolute Gasteiger partial charge is 0.317 e. The summed E-state index contributed by atoms with van der Waals surface area (Å²) in [5.74, 6) is -0.599. The van der Waals surface area contributed by atoms with Gasteiger partial charge in [-0.05, 0) is 51.3 Å². The first kappa shape index (κ1) is 19.3. The predicted octanol–water partition coefficient (Wildman–Crippen LogP) is 3.64. The molecule has 1 unspecified atom stereocenters. The first-order valence-electron chi connectivity index (χ1n) is 8.79. The lowest BCUT2D eigenvalue weighted by atomic mass is 9.93. The summed E-state index contributed by atoms with van der Waals surface area (Å²) in [4.78, 5) is 24.9. The van der Waals surface area contributed by atoms with Crippen LogP contribution < -0.4 is 4.74 Å². The van der Waals surface area contributed by atoms with E-state index in [2.05, 4.69) is 6.92 Å². The number of carbonyl (C=O) groups is 2. The van der Waals surface area contributed by atoms with Crippen molar-refractivity contribution in [1.29, 1.82) is 0 Å². The Morgan fingerprint density at radius 2 is 2.00 bits per heavy atom. The molecule has 2 rings (SSSR count). The number of rotatable bonds is 7. The molecule has 0 bridgehead atoms. The van der Waals surface area contributed by atoms with Gasteiger partial charge in [0.25, 0.3) is 0 Å². The average molecular weight is 348 g/mol. The topological polar surface area (TPSA) is 61.8 Å². The summed E-state index contributed by atoms with van der Waals surface area (Å²) in [5.41, 5.74) is -0.822. The third-order valence-electron chi connectivity index (χ3n) is 4.32. The van der Waals surface area contributed by atoms with Crippen molar-refractivity contribution in [2.45, 2.75) is 58.0 Å². The molecule has 5 nitrogen and oxygen atoms in total. The minimum absolute atomic E-state index is 0.366. The summed E-state index contributed by atoms with van der Waals surface area (Å²) in [5, 5.41) is 0. The van der Waals surface area contributed by atoms with Crippen molar-refractivity contribution in [3.8, 4) is 5.75 Å². The summed E-state index contributed by atoms with van der Waals surface area (Å²) in [6.45, 7) is 8.17. The highest BCUT2D eigenvalue weighted by atomic mass is 16.6. The van der Waals surface area contributed by atoms with E-state index in [9.17, 15) is 9.59 Å². The van der Waals surface area contributed by atoms with Gasteiger partial charge >= 0.3 is 11.9 Å². The average Bonchev–Trinajstić information content (AvgIpc) is 3.30. The van der Waals surface area contributed by atoms with E-state index in [0.717, 1.165) is 18.4 Å². The number of ether oxygens (including phenoxy) is 3. The Morgan fingerprint density at radius 1 is 1.28 bits per heavy atom. The van der Waals surface area contributed by atoms with Crippen molar-refractivity contribution >= 4 is 11.9 Å². The van der Waals surface area contributed by atoms with Gasteiger partial charge in [-0.2, -0.15) is 0 Å². The molecular weight excluding hydrogens is 320 g/mol. The van der Waals surface area contributed by atoms with Crippen LogP contribution in [0.3, 0.4) is 0 Å². The fourth-order valence-corrected chi connectivity index (χ4v) is 2.96. The van der Waals surface area contributed by atoms with Gasteiger partial charge in [-0.1, -0.05) is 25.5 Å². The Kier molecular flexibility index (Phi) is 5.76. The zero-order valence-electron chi connectivity index (χ0n) is 15.8. The molecule has 1 aliphatic rings. The molecule has 0 saturated heterocycles. The predicted molar refractivity (Wildman–Crippen MR) is 94.5 cm³/mol. The van der Waals surface area contributed by atoms with Crippen molar-refractivity contribution in [3.63, 3.8) is 0 Å². The lowest BCUT2D eigenvalue weighted by Gasteiger charge is -2.21. The highest BCUT2D eigenvalue weighted by molar-refractivity contribution is 5.96. The van der Waals surface area contributed by atoms with Gasteiger partial charge < -0.3 is 14.2 Å². The Balaban J connectivity index is 2.24. The molecular formula is C20H28O5. The van der Waals surface area contributed by atoms with Gasteiger partial charge in [-0.3, -0.25) is 9.59 Å². The second-order valence-electron chi connectivity index (χ2n) is 7.48. The Bertz CT molecular complexity index is 631. The number of unbranched alkanes of at least 4 members (excludes halogenated alkanes) is 1. The highest BCUT2D eigenvalue weighted by Crippen LogP contribution is 2.56. The summed E-state index contributed by atoms with van der Waals surface area (Å²) in [6, 6.07) is 7.37. The highest BCUT2D eigenvalue weighted by Gasteiger charge is 2.67. The second-order valence-corrected chi connectivity index (χ2v) is 7.48. The molecule has 1 aromatic rings. The standard InChI is InChI=1S/C20H28O5/c1-6-7-11-24-15-10-8-9-14(12-15)20(18(22)23-5)13-16(20)17(21)25-19(2,3)4/h8-10,12,16H,6-7,11,13H2,1-5H3/t16?,20-/m1/s1. The van der Waals surface area contributed by atoms with Crippen LogP contribution >= 0.6 is 0 Å². The zero-order chi connectivity index (χ0) is 18.7. The van der Waals surface area contributed by atoms with E-state index in [-0.39, 0.29) is 5.97 Å². The van der Waals surface area contributed by atoms with Crippen molar-refractivity contribution in [3.05, 3.63) is 29.8 Å². The maximum Gasteiger partial charge on any atom is 0.317 e. The SMILES string of the molecule is CCCCOc1cccc([C@]2(C(=O)OC)CC2C(=O)OC(C)(C)C)c1. The van der Waals surface area contributed by atoms with Gasteiger partial charge in [-0.25, -0.2) is 0 Å². The Labute approximate surface area is 149 Å². The normalized spacial score (nSPS) is 22.2. The van der Waals surface area contributed by atoms with E-state index < -0.39 is 22.9 Å². The van der Waals surface area contributed by atoms with E-state index in [1.807, 2.05) is 45.0 Å². The summed E-state index contributed by atoms with van der Waals surface area (Å²) < 4.78 is 16.2. The fraction of sp³-hybridized carbons (Fsp3) is 0.600. The molecule has 0 spiro atoms. The van der Waals surface area contributed by atoms with E-state index in [0.29, 0.717) is 18.8 Å². The first-order valence-corrected chi connectivity index (χ1v) is 8.79. The van der Waals surface area contributed by atoms with Crippen molar-refractivity contribution < 1.29 is 23.8 Å². The monoisotopic (exact) mass is 348 g/mol. The third-order valence-corrected chi connectivity index (χ3v) is 4.32. The number of carbonyl (C=O) groups excluding carboxylic acids is 2. The number of esters is 2. The zero-order valence-corrected chi connectivity index (χ0v) is 15.8. The summed E-state index contributed by atoms with van der Waals surface area (Å²) >= 11 is 0. The molecule has 1 aromatic carbocycles. The lowest BCUT2D eigenvalue weighted by Crippen LogP contribution is -2.31. The van der Waals surface area contributed by atoms with Gasteiger partial charge in [0.05, 0.1) is 19.6 Å². The van der Waals surface area contributed by atoms with E-state index >= 15 is 0 Å². The van der Waals surface area contributed by atoms with Crippen LogP contribution in [0.25, 0.3) is 0 Å². The third kappa shape index (κ3) is 4.33. The van der Waals surface area contributed by atoms with Gasteiger partial charge in [0.15, 0.2) is 0 Å². The summed E-state index contributed by atoms with van der Waals surface area (Å²) in [7, 11) is 1.34. The molecule has 1 aliphatic carbocycles. The van der Waals surface area contributed by atoms with Gasteiger partial charge in [0.1, 0.15) is 16.8 Å². The Hall–Kier alpha value is -2.04. The van der Waals surface area contributed by atoms with Crippen molar-refractivity contribution in [2.75, 3.05) is 13.7 Å². The molecule has 1 saturated carbocycles. The maximum atomic E-state index is 12.5. The van der Waals surface area contributed by atoms with Crippen LogP contribution in [0.15, 0.2) is 24.3 Å². The van der Waals surface area contributed by atoms with Crippen molar-refractivity contribution in [1.82, 2.24) is 0 Å². The number of hydrogen-bond donors (Lipinski definition) is 0. The van der Waals surface area contributed by atoms with Gasteiger partial charge in [-0.15, -0.1) is 0 Å². The molecule has 0 aliphatic heterocycles. The van der Waals surface area contributed by atoms with E-state index in [1.165, 1.54) is 7.11 Å². The number of methoxy groups -OCH3 is 1. The quantitative estimate of drug-likeness (QED) is 0.556. The van der Waals surface area contributed by atoms with Crippen LogP contribution in [0.2, 0.25) is 0 Å². The van der Waals surface area contributed by atoms with E-state index in [4.69, 9.17) is 14.2 Å². The number of hydrogen-bond acceptors (Lipinski definition) is 5. The van der Waals surface area contributed by atoms with Gasteiger partial charge in [0, 0.05) is 0 Å².